The van der Waals surface area contributed by atoms with Gasteiger partial charge in [-0.05, 0) is 23.8 Å². The number of benzene rings is 1. The Morgan fingerprint density at radius 1 is 1.04 bits per heavy atom. The van der Waals surface area contributed by atoms with Crippen molar-refractivity contribution in [3.05, 3.63) is 48.4 Å². The zero-order chi connectivity index (χ0) is 17.8. The summed E-state index contributed by atoms with van der Waals surface area (Å²) in [4.78, 5) is 24.8. The van der Waals surface area contributed by atoms with Crippen molar-refractivity contribution in [3.8, 4) is 11.5 Å². The van der Waals surface area contributed by atoms with E-state index in [1.54, 1.807) is 24.7 Å². The van der Waals surface area contributed by atoms with Gasteiger partial charge in [0.2, 0.25) is 5.91 Å². The molecule has 0 N–H and O–H groups in total. The van der Waals surface area contributed by atoms with Crippen LogP contribution in [0.2, 0.25) is 0 Å². The largest absolute Gasteiger partial charge is 0.486 e. The average Bonchev–Trinajstić information content (AvgIpc) is 2.72. The molecule has 0 unspecified atom stereocenters. The van der Waals surface area contributed by atoms with Crippen molar-refractivity contribution in [1.82, 2.24) is 14.9 Å². The molecule has 26 heavy (non-hydrogen) atoms. The summed E-state index contributed by atoms with van der Waals surface area (Å²) in [5, 5.41) is 0. The number of fused-ring (bicyclic) bond motifs is 1. The molecule has 2 aliphatic heterocycles. The summed E-state index contributed by atoms with van der Waals surface area (Å²) in [6.45, 7) is 3.96. The summed E-state index contributed by atoms with van der Waals surface area (Å²) in [6.07, 6.45) is 8.52. The highest BCUT2D eigenvalue weighted by molar-refractivity contribution is 5.92. The van der Waals surface area contributed by atoms with Crippen LogP contribution in [0, 0.1) is 0 Å². The van der Waals surface area contributed by atoms with Gasteiger partial charge in [0.15, 0.2) is 11.5 Å². The first-order valence-corrected chi connectivity index (χ1v) is 8.67. The number of carbonyl (C=O) groups is 1. The first-order chi connectivity index (χ1) is 12.8. The molecule has 1 saturated heterocycles. The highest BCUT2D eigenvalue weighted by Gasteiger charge is 2.20. The second-order valence-electron chi connectivity index (χ2n) is 6.11. The van der Waals surface area contributed by atoms with E-state index in [1.807, 2.05) is 29.2 Å². The van der Waals surface area contributed by atoms with Crippen molar-refractivity contribution in [2.75, 3.05) is 44.3 Å². The van der Waals surface area contributed by atoms with Gasteiger partial charge in [-0.15, -0.1) is 0 Å². The Morgan fingerprint density at radius 3 is 2.62 bits per heavy atom. The SMILES string of the molecule is O=C(/C=C/c1ccc2c(c1)OCCO2)N1CCN(c2cnccn2)CC1. The molecule has 0 aliphatic carbocycles. The maximum atomic E-state index is 12.4. The molecule has 7 heteroatoms. The summed E-state index contributed by atoms with van der Waals surface area (Å²) >= 11 is 0. The zero-order valence-corrected chi connectivity index (χ0v) is 14.4. The fourth-order valence-electron chi connectivity index (χ4n) is 3.05. The molecule has 1 amide bonds. The summed E-state index contributed by atoms with van der Waals surface area (Å²) in [5.41, 5.74) is 0.917. The van der Waals surface area contributed by atoms with Crippen LogP contribution in [0.25, 0.3) is 6.08 Å². The third-order valence-corrected chi connectivity index (χ3v) is 4.45. The molecule has 1 fully saturated rings. The standard InChI is InChI=1S/C19H20N4O3/c24-19(4-2-15-1-3-16-17(13-15)26-12-11-25-16)23-9-7-22(8-10-23)18-14-20-5-6-21-18/h1-6,13-14H,7-12H2/b4-2+. The van der Waals surface area contributed by atoms with Crippen LogP contribution < -0.4 is 14.4 Å². The topological polar surface area (TPSA) is 67.8 Å². The Kier molecular flexibility index (Phi) is 4.68. The van der Waals surface area contributed by atoms with Crippen LogP contribution in [-0.4, -0.2) is 60.2 Å². The molecule has 3 heterocycles. The molecule has 0 spiro atoms. The molecule has 0 saturated carbocycles. The molecule has 1 aromatic carbocycles. The molecule has 134 valence electrons. The lowest BCUT2D eigenvalue weighted by Crippen LogP contribution is -2.48. The highest BCUT2D eigenvalue weighted by atomic mass is 16.6. The van der Waals surface area contributed by atoms with Crippen LogP contribution in [0.5, 0.6) is 11.5 Å². The van der Waals surface area contributed by atoms with Crippen LogP contribution >= 0.6 is 0 Å². The molecule has 4 rings (SSSR count). The van der Waals surface area contributed by atoms with Crippen LogP contribution in [0.1, 0.15) is 5.56 Å². The minimum atomic E-state index is 0.0127. The van der Waals surface area contributed by atoms with Crippen molar-refractivity contribution in [2.45, 2.75) is 0 Å². The fraction of sp³-hybridized carbons (Fsp3) is 0.316. The predicted molar refractivity (Wildman–Crippen MR) is 97.3 cm³/mol. The van der Waals surface area contributed by atoms with E-state index < -0.39 is 0 Å². The Bertz CT molecular complexity index is 802. The second kappa shape index (κ2) is 7.43. The minimum absolute atomic E-state index is 0.0127. The van der Waals surface area contributed by atoms with Crippen molar-refractivity contribution in [1.29, 1.82) is 0 Å². The molecule has 0 atom stereocenters. The van der Waals surface area contributed by atoms with E-state index in [0.29, 0.717) is 26.3 Å². The molecule has 2 aromatic rings. The lowest BCUT2D eigenvalue weighted by Gasteiger charge is -2.34. The van der Waals surface area contributed by atoms with E-state index in [-0.39, 0.29) is 5.91 Å². The molecule has 0 bridgehead atoms. The Balaban J connectivity index is 1.35. The molecule has 1 aromatic heterocycles. The number of hydrogen-bond acceptors (Lipinski definition) is 6. The lowest BCUT2D eigenvalue weighted by molar-refractivity contribution is -0.126. The number of carbonyl (C=O) groups excluding carboxylic acids is 1. The van der Waals surface area contributed by atoms with E-state index in [9.17, 15) is 4.79 Å². The normalized spacial score (nSPS) is 16.8. The van der Waals surface area contributed by atoms with E-state index in [2.05, 4.69) is 14.9 Å². The van der Waals surface area contributed by atoms with Gasteiger partial charge in [0.05, 0.1) is 6.20 Å². The summed E-state index contributed by atoms with van der Waals surface area (Å²) < 4.78 is 11.1. The first kappa shape index (κ1) is 16.4. The Hall–Kier alpha value is -3.09. The zero-order valence-electron chi connectivity index (χ0n) is 14.4. The second-order valence-corrected chi connectivity index (χ2v) is 6.11. The molecule has 7 nitrogen and oxygen atoms in total. The molecular weight excluding hydrogens is 332 g/mol. The third kappa shape index (κ3) is 3.61. The maximum Gasteiger partial charge on any atom is 0.246 e. The van der Waals surface area contributed by atoms with Gasteiger partial charge < -0.3 is 19.3 Å². The van der Waals surface area contributed by atoms with Crippen LogP contribution in [0.4, 0.5) is 5.82 Å². The van der Waals surface area contributed by atoms with E-state index in [1.165, 1.54) is 0 Å². The van der Waals surface area contributed by atoms with Crippen molar-refractivity contribution in [2.24, 2.45) is 0 Å². The van der Waals surface area contributed by atoms with Gasteiger partial charge in [0.1, 0.15) is 19.0 Å². The molecular formula is C19H20N4O3. The molecule has 0 radical (unpaired) electrons. The monoisotopic (exact) mass is 352 g/mol. The number of nitrogens with zero attached hydrogens (tertiary/aromatic N) is 4. The number of rotatable bonds is 3. The van der Waals surface area contributed by atoms with E-state index in [0.717, 1.165) is 36.0 Å². The number of aromatic nitrogens is 2. The Morgan fingerprint density at radius 2 is 1.85 bits per heavy atom. The van der Waals surface area contributed by atoms with E-state index in [4.69, 9.17) is 9.47 Å². The van der Waals surface area contributed by atoms with Crippen molar-refractivity contribution < 1.29 is 14.3 Å². The van der Waals surface area contributed by atoms with Gasteiger partial charge in [-0.2, -0.15) is 0 Å². The summed E-state index contributed by atoms with van der Waals surface area (Å²) in [6, 6.07) is 5.69. The fourth-order valence-corrected chi connectivity index (χ4v) is 3.05. The first-order valence-electron chi connectivity index (χ1n) is 8.67. The quantitative estimate of drug-likeness (QED) is 0.782. The number of amides is 1. The van der Waals surface area contributed by atoms with Crippen LogP contribution in [-0.2, 0) is 4.79 Å². The van der Waals surface area contributed by atoms with Crippen molar-refractivity contribution >= 4 is 17.8 Å². The van der Waals surface area contributed by atoms with Gasteiger partial charge >= 0.3 is 0 Å². The van der Waals surface area contributed by atoms with Gasteiger partial charge in [-0.1, -0.05) is 6.07 Å². The van der Waals surface area contributed by atoms with Gasteiger partial charge in [-0.3, -0.25) is 9.78 Å². The maximum absolute atomic E-state index is 12.4. The number of hydrogen-bond donors (Lipinski definition) is 0. The lowest BCUT2D eigenvalue weighted by atomic mass is 10.1. The highest BCUT2D eigenvalue weighted by Crippen LogP contribution is 2.31. The minimum Gasteiger partial charge on any atom is -0.486 e. The third-order valence-electron chi connectivity index (χ3n) is 4.45. The summed E-state index contributed by atoms with van der Waals surface area (Å²) in [5.74, 6) is 2.34. The smallest absolute Gasteiger partial charge is 0.246 e. The van der Waals surface area contributed by atoms with Gasteiger partial charge in [-0.25, -0.2) is 4.98 Å². The number of piperazine rings is 1. The summed E-state index contributed by atoms with van der Waals surface area (Å²) in [7, 11) is 0. The number of ether oxygens (including phenoxy) is 2. The van der Waals surface area contributed by atoms with Crippen molar-refractivity contribution in [3.63, 3.8) is 0 Å². The molecule has 2 aliphatic rings. The van der Waals surface area contributed by atoms with Gasteiger partial charge in [0, 0.05) is 44.6 Å². The predicted octanol–water partition coefficient (Wildman–Crippen LogP) is 1.61. The van der Waals surface area contributed by atoms with E-state index >= 15 is 0 Å². The van der Waals surface area contributed by atoms with Gasteiger partial charge in [0.25, 0.3) is 0 Å². The Labute approximate surface area is 151 Å². The number of anilines is 1. The van der Waals surface area contributed by atoms with Crippen LogP contribution in [0.15, 0.2) is 42.9 Å². The average molecular weight is 352 g/mol. The van der Waals surface area contributed by atoms with Crippen LogP contribution in [0.3, 0.4) is 0 Å².